The number of amides is 1. The summed E-state index contributed by atoms with van der Waals surface area (Å²) >= 11 is 1.58. The van der Waals surface area contributed by atoms with E-state index < -0.39 is 16.1 Å². The average molecular weight is 447 g/mol. The Morgan fingerprint density at radius 2 is 1.87 bits per heavy atom. The second-order valence-corrected chi connectivity index (χ2v) is 9.92. The number of hydrogen-bond donors (Lipinski definition) is 1. The van der Waals surface area contributed by atoms with Gasteiger partial charge in [0.15, 0.2) is 0 Å². The van der Waals surface area contributed by atoms with Crippen LogP contribution < -0.4 is 4.72 Å². The minimum Gasteiger partial charge on any atom is -0.340 e. The maximum Gasteiger partial charge on any atom is 0.240 e. The van der Waals surface area contributed by atoms with E-state index >= 15 is 0 Å². The van der Waals surface area contributed by atoms with Crippen LogP contribution in [0.3, 0.4) is 0 Å². The van der Waals surface area contributed by atoms with Crippen LogP contribution in [0.2, 0.25) is 0 Å². The number of likely N-dealkylation sites (N-methyl/N-ethyl adjacent to an activating group) is 1. The monoisotopic (exact) mass is 446 g/mol. The number of carbonyl (C=O) groups excluding carboxylic acids is 1. The van der Waals surface area contributed by atoms with Gasteiger partial charge in [0.1, 0.15) is 6.04 Å². The first kappa shape index (κ1) is 24.2. The second kappa shape index (κ2) is 11.3. The number of benzene rings is 2. The van der Waals surface area contributed by atoms with Crippen molar-refractivity contribution in [2.75, 3.05) is 19.1 Å². The molecule has 0 heterocycles. The normalized spacial score (nSPS) is 12.8. The molecule has 2 aromatic rings. The van der Waals surface area contributed by atoms with E-state index in [2.05, 4.69) is 10.8 Å². The lowest BCUT2D eigenvalue weighted by atomic mass is 10.1. The van der Waals surface area contributed by atoms with Gasteiger partial charge in [0.25, 0.3) is 0 Å². The fraction of sp³-hybridized carbons (Fsp3) is 0.348. The SMILES string of the molecule is CSCCC(NS(=O)(=O)/C=C/c1ccccc1)C(=O)N(C)Cc1ccc(C)cc1C. The van der Waals surface area contributed by atoms with Crippen molar-refractivity contribution in [2.45, 2.75) is 32.9 Å². The van der Waals surface area contributed by atoms with Crippen LogP contribution in [-0.2, 0) is 21.4 Å². The highest BCUT2D eigenvalue weighted by atomic mass is 32.2. The number of aryl methyl sites for hydroxylation is 2. The molecule has 0 aliphatic heterocycles. The molecule has 0 fully saturated rings. The van der Waals surface area contributed by atoms with Crippen molar-refractivity contribution >= 4 is 33.8 Å². The summed E-state index contributed by atoms with van der Waals surface area (Å²) in [7, 11) is -2.05. The summed E-state index contributed by atoms with van der Waals surface area (Å²) in [5.41, 5.74) is 4.11. The zero-order valence-corrected chi connectivity index (χ0v) is 19.6. The molecular weight excluding hydrogens is 416 g/mol. The molecule has 1 atom stereocenters. The average Bonchev–Trinajstić information content (AvgIpc) is 2.72. The number of carbonyl (C=O) groups is 1. The van der Waals surface area contributed by atoms with E-state index in [1.54, 1.807) is 23.7 Å². The molecule has 0 bridgehead atoms. The summed E-state index contributed by atoms with van der Waals surface area (Å²) in [4.78, 5) is 14.6. The molecule has 1 N–H and O–H groups in total. The maximum atomic E-state index is 13.0. The first-order chi connectivity index (χ1) is 14.2. The Morgan fingerprint density at radius 1 is 1.17 bits per heavy atom. The summed E-state index contributed by atoms with van der Waals surface area (Å²) in [6, 6.07) is 14.5. The number of sulfonamides is 1. The quantitative estimate of drug-likeness (QED) is 0.600. The highest BCUT2D eigenvalue weighted by Gasteiger charge is 2.26. The van der Waals surface area contributed by atoms with Gasteiger partial charge in [0, 0.05) is 19.0 Å². The zero-order chi connectivity index (χ0) is 22.1. The molecule has 0 radical (unpaired) electrons. The van der Waals surface area contributed by atoms with E-state index in [9.17, 15) is 13.2 Å². The molecule has 2 rings (SSSR count). The third kappa shape index (κ3) is 7.63. The van der Waals surface area contributed by atoms with Crippen LogP contribution in [0.4, 0.5) is 0 Å². The fourth-order valence-corrected chi connectivity index (χ4v) is 4.56. The van der Waals surface area contributed by atoms with Gasteiger partial charge in [-0.1, -0.05) is 54.1 Å². The number of nitrogens with one attached hydrogen (secondary N) is 1. The Kier molecular flexibility index (Phi) is 9.14. The zero-order valence-electron chi connectivity index (χ0n) is 18.0. The predicted octanol–water partition coefficient (Wildman–Crippen LogP) is 3.97. The van der Waals surface area contributed by atoms with Gasteiger partial charge in [0.05, 0.1) is 0 Å². The minimum atomic E-state index is -3.76. The molecule has 1 unspecified atom stereocenters. The molecule has 0 aliphatic carbocycles. The van der Waals surface area contributed by atoms with Crippen LogP contribution in [0.15, 0.2) is 53.9 Å². The van der Waals surface area contributed by atoms with E-state index in [0.29, 0.717) is 18.7 Å². The van der Waals surface area contributed by atoms with Crippen molar-refractivity contribution in [2.24, 2.45) is 0 Å². The van der Waals surface area contributed by atoms with Crippen LogP contribution in [-0.4, -0.2) is 44.3 Å². The van der Waals surface area contributed by atoms with Crippen LogP contribution in [0, 0.1) is 13.8 Å². The molecular formula is C23H30N2O3S2. The van der Waals surface area contributed by atoms with Crippen molar-refractivity contribution in [3.8, 4) is 0 Å². The highest BCUT2D eigenvalue weighted by Crippen LogP contribution is 2.14. The Balaban J connectivity index is 2.12. The van der Waals surface area contributed by atoms with E-state index in [-0.39, 0.29) is 5.91 Å². The van der Waals surface area contributed by atoms with E-state index in [0.717, 1.165) is 22.1 Å². The van der Waals surface area contributed by atoms with Crippen LogP contribution in [0.5, 0.6) is 0 Å². The molecule has 7 heteroatoms. The van der Waals surface area contributed by atoms with Gasteiger partial charge in [-0.2, -0.15) is 16.5 Å². The van der Waals surface area contributed by atoms with Crippen molar-refractivity contribution in [3.63, 3.8) is 0 Å². The van der Waals surface area contributed by atoms with Gasteiger partial charge in [-0.05, 0) is 55.0 Å². The van der Waals surface area contributed by atoms with Crippen LogP contribution >= 0.6 is 11.8 Å². The number of nitrogens with zero attached hydrogens (tertiary/aromatic N) is 1. The Hall–Kier alpha value is -2.09. The number of rotatable bonds is 10. The van der Waals surface area contributed by atoms with E-state index in [1.807, 2.05) is 62.6 Å². The summed E-state index contributed by atoms with van der Waals surface area (Å²) in [5.74, 6) is 0.444. The molecule has 0 aliphatic rings. The second-order valence-electron chi connectivity index (χ2n) is 7.33. The topological polar surface area (TPSA) is 66.5 Å². The first-order valence-electron chi connectivity index (χ1n) is 9.77. The Labute approximate surface area is 184 Å². The first-order valence-corrected chi connectivity index (χ1v) is 12.7. The molecule has 0 aromatic heterocycles. The fourth-order valence-electron chi connectivity index (χ4n) is 3.06. The van der Waals surface area contributed by atoms with Gasteiger partial charge in [0.2, 0.25) is 15.9 Å². The van der Waals surface area contributed by atoms with Crippen molar-refractivity contribution in [1.82, 2.24) is 9.62 Å². The third-order valence-corrected chi connectivity index (χ3v) is 6.49. The van der Waals surface area contributed by atoms with E-state index in [4.69, 9.17) is 0 Å². The summed E-state index contributed by atoms with van der Waals surface area (Å²) in [6.45, 7) is 4.48. The largest absolute Gasteiger partial charge is 0.340 e. The lowest BCUT2D eigenvalue weighted by molar-refractivity contribution is -0.132. The summed E-state index contributed by atoms with van der Waals surface area (Å²) in [6.07, 6.45) is 3.89. The van der Waals surface area contributed by atoms with E-state index in [1.165, 1.54) is 11.6 Å². The molecule has 30 heavy (non-hydrogen) atoms. The van der Waals surface area contributed by atoms with Crippen LogP contribution in [0.25, 0.3) is 6.08 Å². The van der Waals surface area contributed by atoms with Crippen LogP contribution in [0.1, 0.15) is 28.7 Å². The lowest BCUT2D eigenvalue weighted by Crippen LogP contribution is -2.46. The highest BCUT2D eigenvalue weighted by molar-refractivity contribution is 7.98. The summed E-state index contributed by atoms with van der Waals surface area (Å²) < 4.78 is 27.7. The minimum absolute atomic E-state index is 0.235. The molecule has 1 amide bonds. The molecule has 2 aromatic carbocycles. The molecule has 5 nitrogen and oxygen atoms in total. The Bertz CT molecular complexity index is 973. The Morgan fingerprint density at radius 3 is 2.50 bits per heavy atom. The molecule has 162 valence electrons. The lowest BCUT2D eigenvalue weighted by Gasteiger charge is -2.25. The van der Waals surface area contributed by atoms with Gasteiger partial charge < -0.3 is 4.90 Å². The molecule has 0 saturated carbocycles. The number of hydrogen-bond acceptors (Lipinski definition) is 4. The number of thioether (sulfide) groups is 1. The van der Waals surface area contributed by atoms with Gasteiger partial charge in [-0.15, -0.1) is 0 Å². The van der Waals surface area contributed by atoms with Crippen molar-refractivity contribution in [1.29, 1.82) is 0 Å². The summed E-state index contributed by atoms with van der Waals surface area (Å²) in [5, 5.41) is 1.12. The van der Waals surface area contributed by atoms with Gasteiger partial charge in [-0.3, -0.25) is 4.79 Å². The van der Waals surface area contributed by atoms with Crippen molar-refractivity contribution in [3.05, 3.63) is 76.2 Å². The standard InChI is InChI=1S/C23H30N2O3S2/c1-18-10-11-21(19(2)16-18)17-25(3)23(26)22(12-14-29-4)24-30(27,28)15-13-20-8-6-5-7-9-20/h5-11,13,15-16,22,24H,12,14,17H2,1-4H3/b15-13+. The van der Waals surface area contributed by atoms with Gasteiger partial charge >= 0.3 is 0 Å². The maximum absolute atomic E-state index is 13.0. The molecule has 0 spiro atoms. The smallest absolute Gasteiger partial charge is 0.240 e. The molecule has 0 saturated heterocycles. The predicted molar refractivity (Wildman–Crippen MR) is 127 cm³/mol. The van der Waals surface area contributed by atoms with Crippen molar-refractivity contribution < 1.29 is 13.2 Å². The van der Waals surface area contributed by atoms with Gasteiger partial charge in [-0.25, -0.2) is 8.42 Å². The third-order valence-electron chi connectivity index (χ3n) is 4.74.